The number of carbonyl (C=O) groups excluding carboxylic acids is 1. The summed E-state index contributed by atoms with van der Waals surface area (Å²) >= 11 is 5.76. The molecule has 2 N–H and O–H groups in total. The van der Waals surface area contributed by atoms with E-state index >= 15 is 0 Å². The van der Waals surface area contributed by atoms with Crippen molar-refractivity contribution in [3.63, 3.8) is 0 Å². The third-order valence-electron chi connectivity index (χ3n) is 3.54. The van der Waals surface area contributed by atoms with Crippen LogP contribution in [0.15, 0.2) is 16.7 Å². The number of carbonyl (C=O) groups is 2. The fraction of sp³-hybridized carbons (Fsp3) is 0.538. The fourth-order valence-electron chi connectivity index (χ4n) is 2.63. The molecule has 1 aliphatic carbocycles. The first-order valence-corrected chi connectivity index (χ1v) is 6.67. The van der Waals surface area contributed by atoms with Gasteiger partial charge in [-0.25, -0.2) is 0 Å². The normalized spacial score (nSPS) is 17.9. The third-order valence-corrected chi connectivity index (χ3v) is 3.83. The van der Waals surface area contributed by atoms with Gasteiger partial charge >= 0.3 is 5.97 Å². The van der Waals surface area contributed by atoms with Gasteiger partial charge in [0.15, 0.2) is 0 Å². The summed E-state index contributed by atoms with van der Waals surface area (Å²) in [5.74, 6) is -1.28. The molecule has 1 fully saturated rings. The summed E-state index contributed by atoms with van der Waals surface area (Å²) in [6.07, 6.45) is 5.56. The Morgan fingerprint density at radius 3 is 2.58 bits per heavy atom. The van der Waals surface area contributed by atoms with Crippen LogP contribution >= 0.6 is 11.6 Å². The number of amides is 1. The van der Waals surface area contributed by atoms with Gasteiger partial charge in [-0.2, -0.15) is 0 Å². The number of carboxylic acid groups (broad SMARTS) is 1. The lowest BCUT2D eigenvalue weighted by molar-refractivity contribution is -0.139. The molecule has 1 aromatic rings. The Morgan fingerprint density at radius 2 is 2.05 bits per heavy atom. The maximum absolute atomic E-state index is 12.1. The minimum absolute atomic E-state index is 0.0267. The van der Waals surface area contributed by atoms with E-state index in [4.69, 9.17) is 21.1 Å². The summed E-state index contributed by atoms with van der Waals surface area (Å²) in [7, 11) is 0. The molecule has 1 heterocycles. The van der Waals surface area contributed by atoms with E-state index in [0.717, 1.165) is 19.3 Å². The maximum Gasteiger partial charge on any atom is 0.305 e. The second-order valence-electron chi connectivity index (χ2n) is 4.97. The van der Waals surface area contributed by atoms with E-state index in [2.05, 4.69) is 5.32 Å². The van der Waals surface area contributed by atoms with Crippen molar-refractivity contribution >= 4 is 23.5 Å². The van der Waals surface area contributed by atoms with Gasteiger partial charge in [0.05, 0.1) is 23.8 Å². The predicted molar refractivity (Wildman–Crippen MR) is 69.3 cm³/mol. The second kappa shape index (κ2) is 5.65. The average Bonchev–Trinajstić information content (AvgIpc) is 2.75. The van der Waals surface area contributed by atoms with E-state index < -0.39 is 11.5 Å². The first-order chi connectivity index (χ1) is 9.02. The average molecular weight is 286 g/mol. The minimum atomic E-state index is -0.902. The zero-order chi connectivity index (χ0) is 13.9. The standard InChI is InChI=1S/C13H16ClNO4/c14-11-9(4-7-19-11)12(18)15-13(8-10(16)17)5-2-1-3-6-13/h4,7H,1-3,5-6,8H2,(H,15,18)(H,16,17). The zero-order valence-electron chi connectivity index (χ0n) is 10.4. The Balaban J connectivity index is 2.14. The van der Waals surface area contributed by atoms with Crippen LogP contribution in [0, 0.1) is 0 Å². The quantitative estimate of drug-likeness (QED) is 0.891. The van der Waals surface area contributed by atoms with Gasteiger partial charge in [0.1, 0.15) is 0 Å². The molecule has 1 amide bonds. The molecule has 0 radical (unpaired) electrons. The number of hydrogen-bond donors (Lipinski definition) is 2. The summed E-state index contributed by atoms with van der Waals surface area (Å²) in [4.78, 5) is 23.1. The molecule has 2 rings (SSSR count). The van der Waals surface area contributed by atoms with Gasteiger partial charge in [-0.15, -0.1) is 0 Å². The number of aliphatic carboxylic acids is 1. The number of carboxylic acids is 1. The number of rotatable bonds is 4. The molecular weight excluding hydrogens is 270 g/mol. The van der Waals surface area contributed by atoms with Crippen molar-refractivity contribution in [2.45, 2.75) is 44.1 Å². The number of furan rings is 1. The third kappa shape index (κ3) is 3.29. The molecule has 6 heteroatoms. The van der Waals surface area contributed by atoms with Crippen LogP contribution in [0.5, 0.6) is 0 Å². The number of nitrogens with one attached hydrogen (secondary N) is 1. The zero-order valence-corrected chi connectivity index (χ0v) is 11.2. The van der Waals surface area contributed by atoms with E-state index in [1.807, 2.05) is 0 Å². The van der Waals surface area contributed by atoms with Gasteiger partial charge in [-0.05, 0) is 30.5 Å². The molecule has 1 aliphatic rings. The van der Waals surface area contributed by atoms with Crippen LogP contribution in [0.25, 0.3) is 0 Å². The van der Waals surface area contributed by atoms with Crippen molar-refractivity contribution in [1.82, 2.24) is 5.32 Å². The van der Waals surface area contributed by atoms with Gasteiger partial charge in [0.2, 0.25) is 5.22 Å². The molecule has 1 saturated carbocycles. The molecule has 0 saturated heterocycles. The van der Waals surface area contributed by atoms with Gasteiger partial charge < -0.3 is 14.8 Å². The first kappa shape index (κ1) is 13.9. The molecule has 104 valence electrons. The van der Waals surface area contributed by atoms with E-state index in [1.165, 1.54) is 12.3 Å². The molecule has 0 bridgehead atoms. The Labute approximate surface area is 115 Å². The maximum atomic E-state index is 12.1. The smallest absolute Gasteiger partial charge is 0.305 e. The van der Waals surface area contributed by atoms with Crippen LogP contribution in [0.4, 0.5) is 0 Å². The van der Waals surface area contributed by atoms with Crippen molar-refractivity contribution in [3.8, 4) is 0 Å². The fourth-order valence-corrected chi connectivity index (χ4v) is 2.83. The van der Waals surface area contributed by atoms with Crippen LogP contribution in [0.1, 0.15) is 48.9 Å². The predicted octanol–water partition coefficient (Wildman–Crippen LogP) is 2.84. The van der Waals surface area contributed by atoms with Crippen LogP contribution in [-0.2, 0) is 4.79 Å². The SMILES string of the molecule is O=C(O)CC1(NC(=O)c2ccoc2Cl)CCCCC1. The van der Waals surface area contributed by atoms with Gasteiger partial charge in [0, 0.05) is 0 Å². The summed E-state index contributed by atoms with van der Waals surface area (Å²) in [5.41, 5.74) is -0.418. The molecule has 19 heavy (non-hydrogen) atoms. The van der Waals surface area contributed by atoms with Crippen molar-refractivity contribution < 1.29 is 19.1 Å². The molecule has 0 aliphatic heterocycles. The molecule has 5 nitrogen and oxygen atoms in total. The van der Waals surface area contributed by atoms with Crippen molar-refractivity contribution in [2.75, 3.05) is 0 Å². The lowest BCUT2D eigenvalue weighted by Gasteiger charge is -2.36. The van der Waals surface area contributed by atoms with E-state index in [1.54, 1.807) is 0 Å². The second-order valence-corrected chi connectivity index (χ2v) is 5.32. The Hall–Kier alpha value is -1.49. The largest absolute Gasteiger partial charge is 0.481 e. The van der Waals surface area contributed by atoms with E-state index in [-0.39, 0.29) is 23.1 Å². The van der Waals surface area contributed by atoms with E-state index in [9.17, 15) is 9.59 Å². The highest BCUT2D eigenvalue weighted by Crippen LogP contribution is 2.32. The van der Waals surface area contributed by atoms with Crippen LogP contribution < -0.4 is 5.32 Å². The Morgan fingerprint density at radius 1 is 1.37 bits per heavy atom. The molecule has 0 unspecified atom stereocenters. The number of halogens is 1. The summed E-state index contributed by atoms with van der Waals surface area (Å²) in [6, 6.07) is 1.48. The first-order valence-electron chi connectivity index (χ1n) is 6.30. The lowest BCUT2D eigenvalue weighted by atomic mass is 9.79. The van der Waals surface area contributed by atoms with Crippen LogP contribution in [0.3, 0.4) is 0 Å². The highest BCUT2D eigenvalue weighted by Gasteiger charge is 2.36. The van der Waals surface area contributed by atoms with Gasteiger partial charge in [0.25, 0.3) is 5.91 Å². The molecule has 0 aromatic carbocycles. The Kier molecular flexibility index (Phi) is 4.14. The Bertz CT molecular complexity index is 477. The monoisotopic (exact) mass is 285 g/mol. The van der Waals surface area contributed by atoms with E-state index in [0.29, 0.717) is 12.8 Å². The van der Waals surface area contributed by atoms with Gasteiger partial charge in [-0.3, -0.25) is 9.59 Å². The minimum Gasteiger partial charge on any atom is -0.481 e. The van der Waals surface area contributed by atoms with Crippen LogP contribution in [0.2, 0.25) is 5.22 Å². The molecule has 0 atom stereocenters. The van der Waals surface area contributed by atoms with Crippen LogP contribution in [-0.4, -0.2) is 22.5 Å². The highest BCUT2D eigenvalue weighted by molar-refractivity contribution is 6.32. The summed E-state index contributed by atoms with van der Waals surface area (Å²) < 4.78 is 4.88. The highest BCUT2D eigenvalue weighted by atomic mass is 35.5. The lowest BCUT2D eigenvalue weighted by Crippen LogP contribution is -2.51. The summed E-state index contributed by atoms with van der Waals surface area (Å²) in [6.45, 7) is 0. The molecular formula is C13H16ClNO4. The topological polar surface area (TPSA) is 79.5 Å². The van der Waals surface area contributed by atoms with Crippen molar-refractivity contribution in [3.05, 3.63) is 23.1 Å². The van der Waals surface area contributed by atoms with Crippen molar-refractivity contribution in [2.24, 2.45) is 0 Å². The molecule has 0 spiro atoms. The molecule has 1 aromatic heterocycles. The number of hydrogen-bond acceptors (Lipinski definition) is 3. The van der Waals surface area contributed by atoms with Gasteiger partial charge in [-0.1, -0.05) is 19.3 Å². The summed E-state index contributed by atoms with van der Waals surface area (Å²) in [5, 5.41) is 11.9. The van der Waals surface area contributed by atoms with Crippen molar-refractivity contribution in [1.29, 1.82) is 0 Å².